The zero-order chi connectivity index (χ0) is 21.6. The zero-order valence-electron chi connectivity index (χ0n) is 15.9. The van der Waals surface area contributed by atoms with E-state index in [2.05, 4.69) is 20.0 Å². The number of halogens is 3. The summed E-state index contributed by atoms with van der Waals surface area (Å²) in [6.07, 6.45) is -1.49. The van der Waals surface area contributed by atoms with Gasteiger partial charge in [-0.15, -0.1) is 0 Å². The van der Waals surface area contributed by atoms with Gasteiger partial charge < -0.3 is 14.6 Å². The van der Waals surface area contributed by atoms with E-state index in [9.17, 15) is 18.0 Å². The molecule has 0 radical (unpaired) electrons. The van der Waals surface area contributed by atoms with Crippen molar-refractivity contribution in [2.45, 2.75) is 13.1 Å². The molecule has 6 nitrogen and oxygen atoms in total. The molecule has 3 rings (SSSR count). The van der Waals surface area contributed by atoms with Crippen molar-refractivity contribution in [3.63, 3.8) is 0 Å². The third kappa shape index (κ3) is 5.69. The first kappa shape index (κ1) is 21.1. The van der Waals surface area contributed by atoms with Gasteiger partial charge in [0, 0.05) is 11.6 Å². The Morgan fingerprint density at radius 3 is 2.57 bits per heavy atom. The van der Waals surface area contributed by atoms with Gasteiger partial charge in [-0.25, -0.2) is 0 Å². The molecule has 0 atom stereocenters. The summed E-state index contributed by atoms with van der Waals surface area (Å²) in [6.45, 7) is 2.48. The molecule has 0 bridgehead atoms. The second-order valence-electron chi connectivity index (χ2n) is 6.27. The number of amides is 1. The van der Waals surface area contributed by atoms with Crippen molar-refractivity contribution < 1.29 is 27.2 Å². The van der Waals surface area contributed by atoms with Gasteiger partial charge in [-0.05, 0) is 48.4 Å². The first-order valence-electron chi connectivity index (χ1n) is 8.98. The Kier molecular flexibility index (Phi) is 6.51. The summed E-state index contributed by atoms with van der Waals surface area (Å²) < 4.78 is 47.3. The van der Waals surface area contributed by atoms with Crippen LogP contribution in [0.2, 0.25) is 0 Å². The Hall–Kier alpha value is -3.62. The van der Waals surface area contributed by atoms with E-state index >= 15 is 0 Å². The van der Waals surface area contributed by atoms with Gasteiger partial charge >= 0.3 is 12.1 Å². The number of carbonyl (C=O) groups excluding carboxylic acids is 1. The predicted octanol–water partition coefficient (Wildman–Crippen LogP) is 4.27. The van der Waals surface area contributed by atoms with Crippen LogP contribution in [-0.4, -0.2) is 29.2 Å². The normalized spacial score (nSPS) is 11.6. The Bertz CT molecular complexity index is 1030. The lowest BCUT2D eigenvalue weighted by Crippen LogP contribution is -2.26. The topological polar surface area (TPSA) is 77.2 Å². The highest BCUT2D eigenvalue weighted by atomic mass is 19.4. The minimum absolute atomic E-state index is 0.165. The number of ether oxygens (including phenoxy) is 1. The molecule has 0 aliphatic carbocycles. The Morgan fingerprint density at radius 2 is 1.90 bits per heavy atom. The summed E-state index contributed by atoms with van der Waals surface area (Å²) in [4.78, 5) is 15.2. The third-order valence-electron chi connectivity index (χ3n) is 4.05. The van der Waals surface area contributed by atoms with E-state index < -0.39 is 12.1 Å². The van der Waals surface area contributed by atoms with Crippen LogP contribution >= 0.6 is 0 Å². The first-order valence-corrected chi connectivity index (χ1v) is 8.98. The molecule has 0 aliphatic rings. The molecule has 0 spiro atoms. The molecule has 1 amide bonds. The molecule has 1 aromatic heterocycles. The third-order valence-corrected chi connectivity index (χ3v) is 4.05. The van der Waals surface area contributed by atoms with Crippen molar-refractivity contribution >= 4 is 12.0 Å². The van der Waals surface area contributed by atoms with Crippen molar-refractivity contribution in [2.24, 2.45) is 0 Å². The average Bonchev–Trinajstić information content (AvgIpc) is 3.22. The van der Waals surface area contributed by atoms with Crippen LogP contribution in [0.5, 0.6) is 5.75 Å². The molecule has 30 heavy (non-hydrogen) atoms. The number of nitrogens with zero attached hydrogens (tertiary/aromatic N) is 2. The minimum atomic E-state index is -4.69. The summed E-state index contributed by atoms with van der Waals surface area (Å²) >= 11 is 0. The number of aryl methyl sites for hydroxylation is 1. The molecule has 2 aromatic carbocycles. The number of nitrogens with one attached hydrogen (secondary N) is 1. The summed E-state index contributed by atoms with van der Waals surface area (Å²) in [7, 11) is 0. The SMILES string of the molecule is Cc1ccccc1/C=C/C(=O)NCCOc1ccc(-c2noc(C(F)(F)F)n2)cc1. The van der Waals surface area contributed by atoms with Crippen LogP contribution in [0.15, 0.2) is 59.1 Å². The molecule has 0 saturated carbocycles. The van der Waals surface area contributed by atoms with Crippen molar-refractivity contribution in [1.82, 2.24) is 15.5 Å². The maximum Gasteiger partial charge on any atom is 0.471 e. The van der Waals surface area contributed by atoms with Crippen LogP contribution in [0.3, 0.4) is 0 Å². The van der Waals surface area contributed by atoms with Gasteiger partial charge in [0.2, 0.25) is 11.7 Å². The van der Waals surface area contributed by atoms with Gasteiger partial charge in [-0.2, -0.15) is 18.2 Å². The van der Waals surface area contributed by atoms with Crippen LogP contribution < -0.4 is 10.1 Å². The summed E-state index contributed by atoms with van der Waals surface area (Å²) in [5.74, 6) is -1.32. The largest absolute Gasteiger partial charge is 0.492 e. The van der Waals surface area contributed by atoms with E-state index in [0.717, 1.165) is 11.1 Å². The van der Waals surface area contributed by atoms with E-state index in [4.69, 9.17) is 4.74 Å². The first-order chi connectivity index (χ1) is 14.3. The fraction of sp³-hybridized carbons (Fsp3) is 0.190. The van der Waals surface area contributed by atoms with Gasteiger partial charge in [0.05, 0.1) is 6.54 Å². The monoisotopic (exact) mass is 417 g/mol. The standard InChI is InChI=1S/C21H18F3N3O3/c1-14-4-2-3-5-15(14)8-11-18(28)25-12-13-29-17-9-6-16(7-10-17)19-26-20(30-27-19)21(22,23)24/h2-11H,12-13H2,1H3,(H,25,28)/b11-8+. The number of rotatable bonds is 7. The summed E-state index contributed by atoms with van der Waals surface area (Å²) in [6, 6.07) is 13.9. The van der Waals surface area contributed by atoms with Crippen LogP contribution in [0.4, 0.5) is 13.2 Å². The maximum atomic E-state index is 12.5. The highest BCUT2D eigenvalue weighted by molar-refractivity contribution is 5.91. The smallest absolute Gasteiger partial charge is 0.471 e. The lowest BCUT2D eigenvalue weighted by atomic mass is 10.1. The van der Waals surface area contributed by atoms with Crippen molar-refractivity contribution in [1.29, 1.82) is 0 Å². The van der Waals surface area contributed by atoms with E-state index in [1.54, 1.807) is 18.2 Å². The minimum Gasteiger partial charge on any atom is -0.492 e. The van der Waals surface area contributed by atoms with Crippen molar-refractivity contribution in [3.05, 3.63) is 71.6 Å². The van der Waals surface area contributed by atoms with Gasteiger partial charge in [-0.3, -0.25) is 4.79 Å². The molecule has 1 heterocycles. The molecule has 0 fully saturated rings. The van der Waals surface area contributed by atoms with E-state index in [-0.39, 0.29) is 18.3 Å². The quantitative estimate of drug-likeness (QED) is 0.459. The van der Waals surface area contributed by atoms with E-state index in [1.807, 2.05) is 31.2 Å². The lowest BCUT2D eigenvalue weighted by Gasteiger charge is -2.07. The Labute approximate surface area is 170 Å². The van der Waals surface area contributed by atoms with Crippen LogP contribution in [0.25, 0.3) is 17.5 Å². The van der Waals surface area contributed by atoms with Gasteiger partial charge in [0.25, 0.3) is 0 Å². The van der Waals surface area contributed by atoms with Crippen LogP contribution in [0, 0.1) is 6.92 Å². The lowest BCUT2D eigenvalue weighted by molar-refractivity contribution is -0.159. The fourth-order valence-electron chi connectivity index (χ4n) is 2.50. The molecule has 0 unspecified atom stereocenters. The van der Waals surface area contributed by atoms with E-state index in [0.29, 0.717) is 17.9 Å². The second kappa shape index (κ2) is 9.25. The van der Waals surface area contributed by atoms with Crippen molar-refractivity contribution in [3.8, 4) is 17.1 Å². The number of aromatic nitrogens is 2. The highest BCUT2D eigenvalue weighted by Crippen LogP contribution is 2.29. The summed E-state index contributed by atoms with van der Waals surface area (Å²) in [5, 5.41) is 6.03. The van der Waals surface area contributed by atoms with Gasteiger partial charge in [0.1, 0.15) is 12.4 Å². The molecular weight excluding hydrogens is 399 g/mol. The predicted molar refractivity (Wildman–Crippen MR) is 103 cm³/mol. The van der Waals surface area contributed by atoms with E-state index in [1.165, 1.54) is 18.2 Å². The zero-order valence-corrected chi connectivity index (χ0v) is 15.9. The highest BCUT2D eigenvalue weighted by Gasteiger charge is 2.38. The number of benzene rings is 2. The molecule has 9 heteroatoms. The fourth-order valence-corrected chi connectivity index (χ4v) is 2.50. The van der Waals surface area contributed by atoms with Gasteiger partial charge in [0.15, 0.2) is 0 Å². The summed E-state index contributed by atoms with van der Waals surface area (Å²) in [5.41, 5.74) is 2.40. The van der Waals surface area contributed by atoms with Gasteiger partial charge in [-0.1, -0.05) is 29.4 Å². The second-order valence-corrected chi connectivity index (χ2v) is 6.27. The van der Waals surface area contributed by atoms with Crippen LogP contribution in [0.1, 0.15) is 17.0 Å². The maximum absolute atomic E-state index is 12.5. The van der Waals surface area contributed by atoms with Crippen LogP contribution in [-0.2, 0) is 11.0 Å². The Balaban J connectivity index is 1.45. The molecule has 1 N–H and O–H groups in total. The number of hydrogen-bond acceptors (Lipinski definition) is 5. The Morgan fingerprint density at radius 1 is 1.17 bits per heavy atom. The van der Waals surface area contributed by atoms with Crippen molar-refractivity contribution in [2.75, 3.05) is 13.2 Å². The molecule has 3 aromatic rings. The molecular formula is C21H18F3N3O3. The molecule has 156 valence electrons. The average molecular weight is 417 g/mol. The number of alkyl halides is 3. The molecule has 0 aliphatic heterocycles. The molecule has 0 saturated heterocycles. The number of carbonyl (C=O) groups is 1. The number of hydrogen-bond donors (Lipinski definition) is 1.